The van der Waals surface area contributed by atoms with E-state index in [0.717, 1.165) is 77.0 Å². The molecule has 3 unspecified atom stereocenters. The second-order valence-corrected chi connectivity index (χ2v) is 15.8. The molecule has 54 heavy (non-hydrogen) atoms. The van der Waals surface area contributed by atoms with Crippen LogP contribution in [0.1, 0.15) is 233 Å². The Bertz CT molecular complexity index is 900. The van der Waals surface area contributed by atoms with Crippen molar-refractivity contribution in [2.75, 3.05) is 6.61 Å². The third-order valence-corrected chi connectivity index (χ3v) is 10.4. The van der Waals surface area contributed by atoms with Crippen molar-refractivity contribution in [3.63, 3.8) is 0 Å². The molecule has 316 valence electrons. The van der Waals surface area contributed by atoms with Crippen molar-refractivity contribution in [2.24, 2.45) is 0 Å². The summed E-state index contributed by atoms with van der Waals surface area (Å²) in [6, 6.07) is -0.703. The molecule has 0 saturated carbocycles. The standard InChI is InChI=1S/C48H89NO5/c1-4-7-10-13-16-19-21-22-23-24-26-28-30-33-36-39-44(54-48(53)41-38-35-32-29-25-20-17-14-11-8-5-2)42-47(52)49-45(43-50)46(51)40-37-34-31-27-18-15-12-9-6-3/h14,16-17,19,22-23,44-46,50-51H,4-13,15,18,20-21,24-43H2,1-3H3,(H,49,52)/b17-14-,19-16-,23-22-. The van der Waals surface area contributed by atoms with Crippen LogP contribution < -0.4 is 5.32 Å². The minimum Gasteiger partial charge on any atom is -0.462 e. The molecule has 6 nitrogen and oxygen atoms in total. The van der Waals surface area contributed by atoms with Crippen LogP contribution in [0.5, 0.6) is 0 Å². The van der Waals surface area contributed by atoms with Crippen LogP contribution in [0.15, 0.2) is 36.5 Å². The highest BCUT2D eigenvalue weighted by atomic mass is 16.5. The molecule has 0 rings (SSSR count). The summed E-state index contributed by atoms with van der Waals surface area (Å²) in [6.45, 7) is 6.39. The SMILES string of the molecule is CCCC/C=C\CCCCCCCC(=O)OC(CCCCCCC/C=C\C/C=C\CCCCC)CC(=O)NC(CO)C(O)CCCCCCCCCCC. The topological polar surface area (TPSA) is 95.9 Å². The Hall–Kier alpha value is -1.92. The molecular weight excluding hydrogens is 671 g/mol. The average Bonchev–Trinajstić information content (AvgIpc) is 3.16. The van der Waals surface area contributed by atoms with E-state index in [1.54, 1.807) is 0 Å². The maximum absolute atomic E-state index is 13.1. The van der Waals surface area contributed by atoms with E-state index in [4.69, 9.17) is 4.74 Å². The molecule has 0 spiro atoms. The van der Waals surface area contributed by atoms with Crippen LogP contribution >= 0.6 is 0 Å². The van der Waals surface area contributed by atoms with Crippen molar-refractivity contribution in [3.05, 3.63) is 36.5 Å². The predicted molar refractivity (Wildman–Crippen MR) is 232 cm³/mol. The van der Waals surface area contributed by atoms with Gasteiger partial charge in [0, 0.05) is 6.42 Å². The van der Waals surface area contributed by atoms with Gasteiger partial charge in [0.1, 0.15) is 6.10 Å². The minimum atomic E-state index is -0.788. The summed E-state index contributed by atoms with van der Waals surface area (Å²) >= 11 is 0. The van der Waals surface area contributed by atoms with E-state index >= 15 is 0 Å². The number of hydrogen-bond donors (Lipinski definition) is 3. The first-order chi connectivity index (χ1) is 26.5. The lowest BCUT2D eigenvalue weighted by Crippen LogP contribution is -2.46. The number of amides is 1. The molecule has 0 aliphatic heterocycles. The van der Waals surface area contributed by atoms with Gasteiger partial charge in [-0.1, -0.05) is 179 Å². The second kappa shape index (κ2) is 42.2. The minimum absolute atomic E-state index is 0.0661. The van der Waals surface area contributed by atoms with E-state index in [9.17, 15) is 19.8 Å². The molecule has 0 aromatic carbocycles. The van der Waals surface area contributed by atoms with Crippen molar-refractivity contribution >= 4 is 11.9 Å². The molecule has 3 N–H and O–H groups in total. The number of aliphatic hydroxyl groups excluding tert-OH is 2. The van der Waals surface area contributed by atoms with Gasteiger partial charge in [0.25, 0.3) is 0 Å². The number of hydrogen-bond acceptors (Lipinski definition) is 5. The Labute approximate surface area is 334 Å². The smallest absolute Gasteiger partial charge is 0.306 e. The average molecular weight is 760 g/mol. The zero-order chi connectivity index (χ0) is 39.6. The monoisotopic (exact) mass is 760 g/mol. The van der Waals surface area contributed by atoms with Gasteiger partial charge in [-0.05, 0) is 77.0 Å². The third kappa shape index (κ3) is 37.0. The Morgan fingerprint density at radius 3 is 1.52 bits per heavy atom. The molecule has 0 bridgehead atoms. The lowest BCUT2D eigenvalue weighted by Gasteiger charge is -2.24. The number of rotatable bonds is 41. The summed E-state index contributed by atoms with van der Waals surface area (Å²) in [4.78, 5) is 26.0. The molecular formula is C48H89NO5. The fourth-order valence-corrected chi connectivity index (χ4v) is 6.85. The number of carbonyl (C=O) groups excluding carboxylic acids is 2. The molecule has 0 fully saturated rings. The molecule has 3 atom stereocenters. The fourth-order valence-electron chi connectivity index (χ4n) is 6.85. The van der Waals surface area contributed by atoms with Gasteiger partial charge in [0.15, 0.2) is 0 Å². The Balaban J connectivity index is 4.64. The number of carbonyl (C=O) groups is 2. The molecule has 0 aromatic rings. The van der Waals surface area contributed by atoms with Crippen LogP contribution in [0, 0.1) is 0 Å². The Morgan fingerprint density at radius 1 is 0.537 bits per heavy atom. The first kappa shape index (κ1) is 52.1. The van der Waals surface area contributed by atoms with Crippen molar-refractivity contribution in [3.8, 4) is 0 Å². The molecule has 0 heterocycles. The second-order valence-electron chi connectivity index (χ2n) is 15.8. The quantitative estimate of drug-likeness (QED) is 0.0328. The van der Waals surface area contributed by atoms with Crippen LogP contribution in [-0.4, -0.2) is 46.9 Å². The zero-order valence-corrected chi connectivity index (χ0v) is 35.9. The number of esters is 1. The van der Waals surface area contributed by atoms with E-state index in [0.29, 0.717) is 19.3 Å². The predicted octanol–water partition coefficient (Wildman–Crippen LogP) is 13.3. The highest BCUT2D eigenvalue weighted by Crippen LogP contribution is 2.17. The summed E-state index contributed by atoms with van der Waals surface area (Å²) in [5.74, 6) is -0.498. The van der Waals surface area contributed by atoms with Crippen LogP contribution in [0.2, 0.25) is 0 Å². The molecule has 0 aliphatic carbocycles. The van der Waals surface area contributed by atoms with Gasteiger partial charge >= 0.3 is 5.97 Å². The van der Waals surface area contributed by atoms with Crippen LogP contribution in [0.3, 0.4) is 0 Å². The van der Waals surface area contributed by atoms with Crippen LogP contribution in [0.4, 0.5) is 0 Å². The number of ether oxygens (including phenoxy) is 1. The zero-order valence-electron chi connectivity index (χ0n) is 35.9. The molecule has 0 aromatic heterocycles. The largest absolute Gasteiger partial charge is 0.462 e. The van der Waals surface area contributed by atoms with Crippen LogP contribution in [-0.2, 0) is 14.3 Å². The van der Waals surface area contributed by atoms with Gasteiger partial charge in [-0.3, -0.25) is 9.59 Å². The lowest BCUT2D eigenvalue weighted by molar-refractivity contribution is -0.151. The number of unbranched alkanes of at least 4 members (excludes halogenated alkanes) is 23. The maximum Gasteiger partial charge on any atom is 0.306 e. The van der Waals surface area contributed by atoms with Crippen molar-refractivity contribution in [1.29, 1.82) is 0 Å². The summed E-state index contributed by atoms with van der Waals surface area (Å²) < 4.78 is 5.89. The van der Waals surface area contributed by atoms with E-state index in [-0.39, 0.29) is 24.9 Å². The number of allylic oxidation sites excluding steroid dienone is 6. The Morgan fingerprint density at radius 2 is 0.963 bits per heavy atom. The fraction of sp³-hybridized carbons (Fsp3) is 0.833. The van der Waals surface area contributed by atoms with E-state index in [2.05, 4.69) is 62.5 Å². The Kier molecular flexibility index (Phi) is 40.7. The van der Waals surface area contributed by atoms with Gasteiger partial charge in [-0.2, -0.15) is 0 Å². The molecule has 0 aliphatic rings. The summed E-state index contributed by atoms with van der Waals surface area (Å²) in [5.41, 5.74) is 0. The molecule has 1 amide bonds. The maximum atomic E-state index is 13.1. The van der Waals surface area contributed by atoms with E-state index in [1.165, 1.54) is 109 Å². The van der Waals surface area contributed by atoms with Crippen molar-refractivity contribution in [1.82, 2.24) is 5.32 Å². The lowest BCUT2D eigenvalue weighted by atomic mass is 10.0. The summed E-state index contributed by atoms with van der Waals surface area (Å²) in [6.07, 6.45) is 47.7. The third-order valence-electron chi connectivity index (χ3n) is 10.4. The first-order valence-electron chi connectivity index (χ1n) is 23.2. The highest BCUT2D eigenvalue weighted by molar-refractivity contribution is 5.77. The summed E-state index contributed by atoms with van der Waals surface area (Å²) in [7, 11) is 0. The van der Waals surface area contributed by atoms with Gasteiger partial charge in [-0.15, -0.1) is 0 Å². The van der Waals surface area contributed by atoms with Gasteiger partial charge in [0.05, 0.1) is 25.2 Å². The normalized spacial score (nSPS) is 13.6. The number of aliphatic hydroxyl groups is 2. The first-order valence-corrected chi connectivity index (χ1v) is 23.2. The van der Waals surface area contributed by atoms with Crippen LogP contribution in [0.25, 0.3) is 0 Å². The summed E-state index contributed by atoms with van der Waals surface area (Å²) in [5, 5.41) is 23.6. The van der Waals surface area contributed by atoms with E-state index in [1.807, 2.05) is 0 Å². The van der Waals surface area contributed by atoms with Gasteiger partial charge in [-0.25, -0.2) is 0 Å². The highest BCUT2D eigenvalue weighted by Gasteiger charge is 2.24. The van der Waals surface area contributed by atoms with Gasteiger partial charge in [0.2, 0.25) is 5.91 Å². The molecule has 0 saturated heterocycles. The van der Waals surface area contributed by atoms with Gasteiger partial charge < -0.3 is 20.3 Å². The van der Waals surface area contributed by atoms with E-state index < -0.39 is 18.2 Å². The molecule has 6 heteroatoms. The van der Waals surface area contributed by atoms with Crippen molar-refractivity contribution in [2.45, 2.75) is 251 Å². The molecule has 0 radical (unpaired) electrons. The van der Waals surface area contributed by atoms with Crippen molar-refractivity contribution < 1.29 is 24.5 Å². The number of nitrogens with one attached hydrogen (secondary N) is 1.